The van der Waals surface area contributed by atoms with E-state index in [0.717, 1.165) is 19.3 Å². The molecule has 0 bridgehead atoms. The quantitative estimate of drug-likeness (QED) is 0.726. The summed E-state index contributed by atoms with van der Waals surface area (Å²) < 4.78 is 0. The van der Waals surface area contributed by atoms with E-state index < -0.39 is 0 Å². The number of hydrogen-bond donors (Lipinski definition) is 0. The highest BCUT2D eigenvalue weighted by Gasteiger charge is 2.10. The van der Waals surface area contributed by atoms with Gasteiger partial charge in [0.1, 0.15) is 6.29 Å². The molecule has 2 nitrogen and oxygen atoms in total. The molecule has 17 heavy (non-hydrogen) atoms. The van der Waals surface area contributed by atoms with Gasteiger partial charge >= 0.3 is 0 Å². The molecule has 2 rings (SSSR count). The molecule has 0 aromatic heterocycles. The summed E-state index contributed by atoms with van der Waals surface area (Å²) in [6.07, 6.45) is 6.56. The Morgan fingerprint density at radius 3 is 2.65 bits per heavy atom. The van der Waals surface area contributed by atoms with Crippen molar-refractivity contribution in [3.05, 3.63) is 35.4 Å². The second kappa shape index (κ2) is 6.55. The lowest BCUT2D eigenvalue weighted by Crippen LogP contribution is -2.29. The number of likely N-dealkylation sites (tertiary alicyclic amines) is 1. The van der Waals surface area contributed by atoms with E-state index in [1.54, 1.807) is 0 Å². The average molecular weight is 231 g/mol. The number of piperidine rings is 1. The lowest BCUT2D eigenvalue weighted by molar-refractivity contribution is -0.107. The zero-order valence-corrected chi connectivity index (χ0v) is 10.4. The van der Waals surface area contributed by atoms with Crippen LogP contribution in [0.25, 0.3) is 0 Å². The molecule has 92 valence electrons. The highest BCUT2D eigenvalue weighted by atomic mass is 16.1. The first-order valence-corrected chi connectivity index (χ1v) is 6.62. The van der Waals surface area contributed by atoms with Crippen LogP contribution >= 0.6 is 0 Å². The van der Waals surface area contributed by atoms with E-state index >= 15 is 0 Å². The molecule has 1 aliphatic rings. The monoisotopic (exact) mass is 231 g/mol. The molecule has 0 atom stereocenters. The first-order chi connectivity index (χ1) is 8.38. The van der Waals surface area contributed by atoms with Crippen molar-refractivity contribution < 1.29 is 4.79 Å². The molecule has 0 N–H and O–H groups in total. The summed E-state index contributed by atoms with van der Waals surface area (Å²) in [7, 11) is 0. The fourth-order valence-electron chi connectivity index (χ4n) is 2.48. The maximum atomic E-state index is 10.4. The molecule has 2 heteroatoms. The third-order valence-electron chi connectivity index (χ3n) is 3.40. The molecule has 0 spiro atoms. The van der Waals surface area contributed by atoms with Crippen LogP contribution in [0.3, 0.4) is 0 Å². The van der Waals surface area contributed by atoms with Crippen LogP contribution < -0.4 is 0 Å². The summed E-state index contributed by atoms with van der Waals surface area (Å²) in [6.45, 7) is 3.53. The lowest BCUT2D eigenvalue weighted by atomic mass is 10.1. The van der Waals surface area contributed by atoms with Crippen molar-refractivity contribution in [2.24, 2.45) is 0 Å². The van der Waals surface area contributed by atoms with Crippen LogP contribution in [0.5, 0.6) is 0 Å². The van der Waals surface area contributed by atoms with Crippen molar-refractivity contribution in [3.8, 4) is 0 Å². The minimum atomic E-state index is 0.632. The summed E-state index contributed by atoms with van der Waals surface area (Å²) in [5.41, 5.74) is 2.67. The molecule has 1 aliphatic heterocycles. The van der Waals surface area contributed by atoms with Crippen LogP contribution in [-0.4, -0.2) is 24.3 Å². The summed E-state index contributed by atoms with van der Waals surface area (Å²) in [6, 6.07) is 8.67. The van der Waals surface area contributed by atoms with E-state index in [1.807, 2.05) is 0 Å². The Bertz CT molecular complexity index is 356. The van der Waals surface area contributed by atoms with Crippen molar-refractivity contribution in [2.45, 2.75) is 38.6 Å². The fourth-order valence-corrected chi connectivity index (χ4v) is 2.48. The average Bonchev–Trinajstić information content (AvgIpc) is 2.38. The molecule has 0 aliphatic carbocycles. The first kappa shape index (κ1) is 12.3. The van der Waals surface area contributed by atoms with Crippen LogP contribution in [0.15, 0.2) is 24.3 Å². The van der Waals surface area contributed by atoms with E-state index in [-0.39, 0.29) is 0 Å². The van der Waals surface area contributed by atoms with Crippen LogP contribution in [-0.2, 0) is 17.8 Å². The van der Waals surface area contributed by atoms with Gasteiger partial charge in [-0.15, -0.1) is 0 Å². The van der Waals surface area contributed by atoms with E-state index in [1.165, 1.54) is 43.5 Å². The summed E-state index contributed by atoms with van der Waals surface area (Å²) >= 11 is 0. The molecular weight excluding hydrogens is 210 g/mol. The van der Waals surface area contributed by atoms with E-state index in [0.29, 0.717) is 6.42 Å². The zero-order valence-electron chi connectivity index (χ0n) is 10.4. The SMILES string of the molecule is O=CCCc1cccc(CN2CCCCC2)c1. The summed E-state index contributed by atoms with van der Waals surface area (Å²) in [5, 5.41) is 0. The molecular formula is C15H21NO. The predicted molar refractivity (Wildman–Crippen MR) is 70.0 cm³/mol. The Morgan fingerprint density at radius 2 is 1.88 bits per heavy atom. The molecule has 0 amide bonds. The number of hydrogen-bond acceptors (Lipinski definition) is 2. The van der Waals surface area contributed by atoms with Crippen LogP contribution in [0.2, 0.25) is 0 Å². The van der Waals surface area contributed by atoms with Crippen molar-refractivity contribution in [1.29, 1.82) is 0 Å². The lowest BCUT2D eigenvalue weighted by Gasteiger charge is -2.26. The third kappa shape index (κ3) is 3.97. The molecule has 1 heterocycles. The Morgan fingerprint density at radius 1 is 1.12 bits per heavy atom. The Kier molecular flexibility index (Phi) is 4.75. The predicted octanol–water partition coefficient (Wildman–Crippen LogP) is 2.80. The van der Waals surface area contributed by atoms with Gasteiger partial charge in [0.05, 0.1) is 0 Å². The summed E-state index contributed by atoms with van der Waals surface area (Å²) in [5.74, 6) is 0. The van der Waals surface area contributed by atoms with Crippen LogP contribution in [0.1, 0.15) is 36.8 Å². The number of aldehydes is 1. The molecule has 1 aromatic carbocycles. The minimum Gasteiger partial charge on any atom is -0.303 e. The van der Waals surface area contributed by atoms with Crippen LogP contribution in [0, 0.1) is 0 Å². The van der Waals surface area contributed by atoms with Crippen molar-refractivity contribution in [1.82, 2.24) is 4.90 Å². The van der Waals surface area contributed by atoms with Gasteiger partial charge in [0.2, 0.25) is 0 Å². The van der Waals surface area contributed by atoms with E-state index in [2.05, 4.69) is 29.2 Å². The van der Waals surface area contributed by atoms with Gasteiger partial charge in [0, 0.05) is 13.0 Å². The standard InChI is InChI=1S/C15H21NO/c17-11-5-8-14-6-4-7-15(12-14)13-16-9-2-1-3-10-16/h4,6-7,11-12H,1-3,5,8-10,13H2. The Labute approximate surface area is 104 Å². The molecule has 1 saturated heterocycles. The van der Waals surface area contributed by atoms with E-state index in [4.69, 9.17) is 0 Å². The Hall–Kier alpha value is -1.15. The molecule has 0 radical (unpaired) electrons. The fraction of sp³-hybridized carbons (Fsp3) is 0.533. The molecule has 0 saturated carbocycles. The van der Waals surface area contributed by atoms with E-state index in [9.17, 15) is 4.79 Å². The minimum absolute atomic E-state index is 0.632. The van der Waals surface area contributed by atoms with Gasteiger partial charge < -0.3 is 4.79 Å². The summed E-state index contributed by atoms with van der Waals surface area (Å²) in [4.78, 5) is 12.9. The van der Waals surface area contributed by atoms with Gasteiger partial charge in [-0.3, -0.25) is 4.90 Å². The molecule has 1 aromatic rings. The van der Waals surface area contributed by atoms with Gasteiger partial charge in [-0.1, -0.05) is 30.7 Å². The second-order valence-electron chi connectivity index (χ2n) is 4.86. The number of rotatable bonds is 5. The largest absolute Gasteiger partial charge is 0.303 e. The molecule has 0 unspecified atom stereocenters. The number of carbonyl (C=O) groups excluding carboxylic acids is 1. The first-order valence-electron chi connectivity index (χ1n) is 6.62. The van der Waals surface area contributed by atoms with Gasteiger partial charge in [-0.05, 0) is 43.5 Å². The Balaban J connectivity index is 1.92. The number of nitrogens with zero attached hydrogens (tertiary/aromatic N) is 1. The topological polar surface area (TPSA) is 20.3 Å². The smallest absolute Gasteiger partial charge is 0.120 e. The molecule has 1 fully saturated rings. The van der Waals surface area contributed by atoms with Crippen LogP contribution in [0.4, 0.5) is 0 Å². The highest BCUT2D eigenvalue weighted by Crippen LogP contribution is 2.14. The van der Waals surface area contributed by atoms with Gasteiger partial charge in [0.15, 0.2) is 0 Å². The van der Waals surface area contributed by atoms with Crippen molar-refractivity contribution in [2.75, 3.05) is 13.1 Å². The normalized spacial score (nSPS) is 16.9. The van der Waals surface area contributed by atoms with Crippen molar-refractivity contribution in [3.63, 3.8) is 0 Å². The van der Waals surface area contributed by atoms with Gasteiger partial charge in [-0.2, -0.15) is 0 Å². The maximum absolute atomic E-state index is 10.4. The number of aryl methyl sites for hydroxylation is 1. The highest BCUT2D eigenvalue weighted by molar-refractivity contribution is 5.50. The number of carbonyl (C=O) groups is 1. The zero-order chi connectivity index (χ0) is 11.9. The van der Waals surface area contributed by atoms with Gasteiger partial charge in [-0.25, -0.2) is 0 Å². The third-order valence-corrected chi connectivity index (χ3v) is 3.40. The maximum Gasteiger partial charge on any atom is 0.120 e. The second-order valence-corrected chi connectivity index (χ2v) is 4.86. The van der Waals surface area contributed by atoms with Crippen molar-refractivity contribution >= 4 is 6.29 Å². The van der Waals surface area contributed by atoms with Gasteiger partial charge in [0.25, 0.3) is 0 Å². The number of benzene rings is 1.